The highest BCUT2D eigenvalue weighted by molar-refractivity contribution is 5.97. The van der Waals surface area contributed by atoms with Crippen LogP contribution >= 0.6 is 0 Å². The van der Waals surface area contributed by atoms with Gasteiger partial charge in [0.25, 0.3) is 0 Å². The minimum atomic E-state index is 0.744. The van der Waals surface area contributed by atoms with Crippen LogP contribution in [0.25, 0.3) is 10.9 Å². The van der Waals surface area contributed by atoms with Gasteiger partial charge in [0.1, 0.15) is 5.82 Å². The lowest BCUT2D eigenvalue weighted by atomic mass is 10.1. The summed E-state index contributed by atoms with van der Waals surface area (Å²) in [5.74, 6) is 1.06. The Labute approximate surface area is 111 Å². The molecule has 0 aliphatic carbocycles. The lowest BCUT2D eigenvalue weighted by Gasteiger charge is -2.06. The molecule has 0 aliphatic heterocycles. The fourth-order valence-electron chi connectivity index (χ4n) is 2.40. The van der Waals surface area contributed by atoms with Crippen molar-refractivity contribution in [3.8, 4) is 0 Å². The van der Waals surface area contributed by atoms with E-state index >= 15 is 0 Å². The Bertz CT molecular complexity index is 724. The van der Waals surface area contributed by atoms with Gasteiger partial charge in [-0.1, -0.05) is 12.1 Å². The third kappa shape index (κ3) is 2.05. The van der Waals surface area contributed by atoms with Gasteiger partial charge in [0, 0.05) is 55.1 Å². The summed E-state index contributed by atoms with van der Waals surface area (Å²) >= 11 is 0. The van der Waals surface area contributed by atoms with Gasteiger partial charge in [-0.2, -0.15) is 0 Å². The van der Waals surface area contributed by atoms with Crippen LogP contribution in [-0.2, 0) is 20.0 Å². The Balaban J connectivity index is 1.90. The Morgan fingerprint density at radius 2 is 2.16 bits per heavy atom. The number of carbonyl (C=O) groups excluding carboxylic acids is 1. The van der Waals surface area contributed by atoms with Gasteiger partial charge in [-0.25, -0.2) is 4.98 Å². The van der Waals surface area contributed by atoms with E-state index in [1.54, 1.807) is 0 Å². The van der Waals surface area contributed by atoms with E-state index in [9.17, 15) is 4.79 Å². The number of imidazole rings is 1. The zero-order valence-electron chi connectivity index (χ0n) is 10.8. The molecule has 4 heteroatoms. The molecule has 0 spiro atoms. The van der Waals surface area contributed by atoms with Crippen LogP contribution in [-0.4, -0.2) is 20.4 Å². The van der Waals surface area contributed by atoms with E-state index in [-0.39, 0.29) is 0 Å². The van der Waals surface area contributed by atoms with Crippen molar-refractivity contribution in [2.45, 2.75) is 13.0 Å². The summed E-state index contributed by atoms with van der Waals surface area (Å²) in [5.41, 5.74) is 1.84. The number of hydrogen-bond acceptors (Lipinski definition) is 2. The first-order valence-electron chi connectivity index (χ1n) is 6.29. The van der Waals surface area contributed by atoms with Crippen LogP contribution in [0.2, 0.25) is 0 Å². The van der Waals surface area contributed by atoms with E-state index in [1.165, 1.54) is 0 Å². The van der Waals surface area contributed by atoms with E-state index in [4.69, 9.17) is 0 Å². The first-order valence-corrected chi connectivity index (χ1v) is 6.29. The van der Waals surface area contributed by atoms with Crippen molar-refractivity contribution < 1.29 is 4.79 Å². The van der Waals surface area contributed by atoms with Gasteiger partial charge >= 0.3 is 0 Å². The summed E-state index contributed by atoms with van der Waals surface area (Å²) in [6, 6.07) is 7.81. The Morgan fingerprint density at radius 1 is 1.26 bits per heavy atom. The maximum Gasteiger partial charge on any atom is 0.150 e. The molecule has 0 unspecified atom stereocenters. The maximum absolute atomic E-state index is 11.0. The second-order valence-corrected chi connectivity index (χ2v) is 4.61. The summed E-state index contributed by atoms with van der Waals surface area (Å²) in [7, 11) is 2.00. The molecule has 0 saturated carbocycles. The average Bonchev–Trinajstić information content (AvgIpc) is 3.02. The number of nitrogens with zero attached hydrogens (tertiary/aromatic N) is 3. The van der Waals surface area contributed by atoms with Crippen LogP contribution in [0.15, 0.2) is 42.9 Å². The van der Waals surface area contributed by atoms with E-state index in [1.807, 2.05) is 54.5 Å². The lowest BCUT2D eigenvalue weighted by Crippen LogP contribution is -2.04. The predicted octanol–water partition coefficient (Wildman–Crippen LogP) is 2.43. The molecule has 0 N–H and O–H groups in total. The van der Waals surface area contributed by atoms with Crippen molar-refractivity contribution in [1.82, 2.24) is 14.1 Å². The van der Waals surface area contributed by atoms with Crippen LogP contribution in [0.1, 0.15) is 16.2 Å². The molecule has 0 amide bonds. The first-order chi connectivity index (χ1) is 9.29. The van der Waals surface area contributed by atoms with Gasteiger partial charge in [0.05, 0.1) is 0 Å². The molecule has 0 saturated heterocycles. The molecule has 1 aromatic carbocycles. The van der Waals surface area contributed by atoms with Gasteiger partial charge in [0.2, 0.25) is 0 Å². The second kappa shape index (κ2) is 4.72. The number of rotatable bonds is 4. The summed E-state index contributed by atoms with van der Waals surface area (Å²) in [5, 5.41) is 1.01. The van der Waals surface area contributed by atoms with Crippen molar-refractivity contribution in [2.24, 2.45) is 7.05 Å². The molecule has 0 fully saturated rings. The molecular weight excluding hydrogens is 238 g/mol. The smallest absolute Gasteiger partial charge is 0.150 e. The molecule has 2 aromatic heterocycles. The van der Waals surface area contributed by atoms with Gasteiger partial charge in [0.15, 0.2) is 6.29 Å². The van der Waals surface area contributed by atoms with Crippen molar-refractivity contribution in [1.29, 1.82) is 0 Å². The molecule has 19 heavy (non-hydrogen) atoms. The minimum absolute atomic E-state index is 0.744. The highest BCUT2D eigenvalue weighted by Crippen LogP contribution is 2.19. The van der Waals surface area contributed by atoms with Gasteiger partial charge in [-0.3, -0.25) is 4.79 Å². The fourth-order valence-corrected chi connectivity index (χ4v) is 2.40. The maximum atomic E-state index is 11.0. The number of hydrogen-bond donors (Lipinski definition) is 0. The molecular formula is C15H15N3O. The summed E-state index contributed by atoms with van der Waals surface area (Å²) in [6.45, 7) is 0.858. The number of aryl methyl sites for hydroxylation is 3. The number of fused-ring (bicyclic) bond motifs is 1. The standard InChI is InChI=1S/C15H15N3O/c1-17-10-7-16-15(17)6-9-18-8-5-13-12(11-19)3-2-4-14(13)18/h2-5,7-8,10-11H,6,9H2,1H3. The van der Waals surface area contributed by atoms with Gasteiger partial charge in [-0.05, 0) is 12.1 Å². The van der Waals surface area contributed by atoms with Crippen molar-refractivity contribution in [2.75, 3.05) is 0 Å². The summed E-state index contributed by atoms with van der Waals surface area (Å²) in [4.78, 5) is 15.3. The highest BCUT2D eigenvalue weighted by Gasteiger charge is 2.06. The molecule has 3 aromatic rings. The second-order valence-electron chi connectivity index (χ2n) is 4.61. The third-order valence-electron chi connectivity index (χ3n) is 3.47. The van der Waals surface area contributed by atoms with E-state index in [2.05, 4.69) is 9.55 Å². The monoisotopic (exact) mass is 253 g/mol. The summed E-state index contributed by atoms with van der Waals surface area (Å²) in [6.07, 6.45) is 7.58. The zero-order chi connectivity index (χ0) is 13.2. The average molecular weight is 253 g/mol. The van der Waals surface area contributed by atoms with Crippen LogP contribution in [0.4, 0.5) is 0 Å². The topological polar surface area (TPSA) is 39.8 Å². The van der Waals surface area contributed by atoms with E-state index in [0.29, 0.717) is 0 Å². The van der Waals surface area contributed by atoms with Crippen molar-refractivity contribution in [3.63, 3.8) is 0 Å². The van der Waals surface area contributed by atoms with Crippen LogP contribution in [0.3, 0.4) is 0 Å². The van der Waals surface area contributed by atoms with Crippen LogP contribution in [0.5, 0.6) is 0 Å². The van der Waals surface area contributed by atoms with Crippen LogP contribution < -0.4 is 0 Å². The SMILES string of the molecule is Cn1ccnc1CCn1ccc2c(C=O)cccc21. The quantitative estimate of drug-likeness (QED) is 0.670. The van der Waals surface area contributed by atoms with E-state index in [0.717, 1.165) is 41.5 Å². The van der Waals surface area contributed by atoms with E-state index < -0.39 is 0 Å². The molecule has 2 heterocycles. The van der Waals surface area contributed by atoms with Crippen molar-refractivity contribution in [3.05, 3.63) is 54.2 Å². The summed E-state index contributed by atoms with van der Waals surface area (Å²) < 4.78 is 4.19. The normalized spacial score (nSPS) is 11.0. The fraction of sp³-hybridized carbons (Fsp3) is 0.200. The third-order valence-corrected chi connectivity index (χ3v) is 3.47. The predicted molar refractivity (Wildman–Crippen MR) is 74.2 cm³/mol. The molecule has 96 valence electrons. The Kier molecular flexibility index (Phi) is 2.91. The van der Waals surface area contributed by atoms with Gasteiger partial charge < -0.3 is 9.13 Å². The molecule has 0 bridgehead atoms. The number of carbonyl (C=O) groups is 1. The molecule has 4 nitrogen and oxygen atoms in total. The molecule has 0 atom stereocenters. The molecule has 0 aliphatic rings. The first kappa shape index (κ1) is 11.7. The number of aromatic nitrogens is 3. The number of benzene rings is 1. The number of aldehydes is 1. The Hall–Kier alpha value is -2.36. The lowest BCUT2D eigenvalue weighted by molar-refractivity contribution is 0.112. The highest BCUT2D eigenvalue weighted by atomic mass is 16.1. The largest absolute Gasteiger partial charge is 0.347 e. The molecule has 0 radical (unpaired) electrons. The Morgan fingerprint density at radius 3 is 2.89 bits per heavy atom. The van der Waals surface area contributed by atoms with Gasteiger partial charge in [-0.15, -0.1) is 0 Å². The van der Waals surface area contributed by atoms with Crippen LogP contribution in [0, 0.1) is 0 Å². The zero-order valence-corrected chi connectivity index (χ0v) is 10.8. The van der Waals surface area contributed by atoms with Crippen molar-refractivity contribution >= 4 is 17.2 Å². The minimum Gasteiger partial charge on any atom is -0.347 e. The molecule has 3 rings (SSSR count).